The zero-order chi connectivity index (χ0) is 18.7. The number of nitrogens with one attached hydrogen (secondary N) is 1. The van der Waals surface area contributed by atoms with Gasteiger partial charge in [0.1, 0.15) is 0 Å². The highest BCUT2D eigenvalue weighted by Gasteiger charge is 2.42. The Morgan fingerprint density at radius 3 is 2.42 bits per heavy atom. The topological polar surface area (TPSA) is 92.4 Å². The number of aliphatic carboxylic acids is 1. The Morgan fingerprint density at radius 2 is 1.92 bits per heavy atom. The first kappa shape index (κ1) is 20.2. The van der Waals surface area contributed by atoms with Crippen LogP contribution in [-0.4, -0.2) is 29.2 Å². The second kappa shape index (κ2) is 7.85. The third kappa shape index (κ3) is 5.38. The van der Waals surface area contributed by atoms with Gasteiger partial charge in [-0.3, -0.25) is 9.59 Å². The van der Waals surface area contributed by atoms with Crippen molar-refractivity contribution >= 4 is 29.2 Å². The summed E-state index contributed by atoms with van der Waals surface area (Å²) < 4.78 is 37.9. The van der Waals surface area contributed by atoms with Crippen molar-refractivity contribution in [2.24, 2.45) is 17.6 Å². The van der Waals surface area contributed by atoms with Crippen LogP contribution in [0.2, 0.25) is 5.02 Å². The molecule has 0 radical (unpaired) electrons. The maximum absolute atomic E-state index is 12.6. The van der Waals surface area contributed by atoms with E-state index in [1.54, 1.807) is 6.07 Å². The maximum Gasteiger partial charge on any atom is 0.393 e. The molecule has 0 aliphatic heterocycles. The number of carbonyl (C=O) groups excluding carboxylic acids is 1. The van der Waals surface area contributed by atoms with E-state index in [-0.39, 0.29) is 17.1 Å². The lowest BCUT2D eigenvalue weighted by Gasteiger charge is -2.22. The number of hydrogen-bond acceptors (Lipinski definition) is 3. The largest absolute Gasteiger partial charge is 0.481 e. The highest BCUT2D eigenvalue weighted by Crippen LogP contribution is 2.29. The van der Waals surface area contributed by atoms with Crippen LogP contribution >= 0.6 is 11.6 Å². The number of carboxylic acid groups (broad SMARTS) is 1. The van der Waals surface area contributed by atoms with Crippen LogP contribution in [0.3, 0.4) is 0 Å². The smallest absolute Gasteiger partial charge is 0.393 e. The molecule has 0 aromatic heterocycles. The molecule has 5 nitrogen and oxygen atoms in total. The molecule has 0 saturated heterocycles. The van der Waals surface area contributed by atoms with E-state index in [2.05, 4.69) is 5.32 Å². The van der Waals surface area contributed by atoms with E-state index in [9.17, 15) is 22.8 Å². The normalized spacial score (nSPS) is 15.5. The van der Waals surface area contributed by atoms with Gasteiger partial charge in [0.15, 0.2) is 0 Å². The second-order valence-electron chi connectivity index (χ2n) is 5.60. The average molecular weight is 367 g/mol. The van der Waals surface area contributed by atoms with Gasteiger partial charge in [0.05, 0.1) is 28.6 Å². The van der Waals surface area contributed by atoms with E-state index in [4.69, 9.17) is 22.4 Å². The molecular formula is C15H18ClF3N2O3. The van der Waals surface area contributed by atoms with E-state index >= 15 is 0 Å². The average Bonchev–Trinajstić information content (AvgIpc) is 2.47. The number of halogens is 4. The molecule has 1 aromatic rings. The number of carbonyl (C=O) groups is 2. The van der Waals surface area contributed by atoms with Crippen LogP contribution in [0.1, 0.15) is 19.4 Å². The number of anilines is 1. The Kier molecular flexibility index (Phi) is 6.62. The van der Waals surface area contributed by atoms with Crippen LogP contribution in [0.25, 0.3) is 0 Å². The predicted molar refractivity (Wildman–Crippen MR) is 83.8 cm³/mol. The fourth-order valence-electron chi connectivity index (χ4n) is 1.88. The van der Waals surface area contributed by atoms with Crippen molar-refractivity contribution in [1.82, 2.24) is 0 Å². The fourth-order valence-corrected chi connectivity index (χ4v) is 2.05. The summed E-state index contributed by atoms with van der Waals surface area (Å²) in [7, 11) is 0. The number of alkyl halides is 3. The van der Waals surface area contributed by atoms with Crippen molar-refractivity contribution in [3.63, 3.8) is 0 Å². The number of nitrogens with two attached hydrogens (primary N) is 1. The number of carboxylic acids is 1. The minimum absolute atomic E-state index is 0.0848. The van der Waals surface area contributed by atoms with Crippen LogP contribution in [0.5, 0.6) is 0 Å². The van der Waals surface area contributed by atoms with Gasteiger partial charge < -0.3 is 16.2 Å². The monoisotopic (exact) mass is 366 g/mol. The molecule has 134 valence electrons. The summed E-state index contributed by atoms with van der Waals surface area (Å²) in [6.45, 7) is 2.33. The molecule has 1 rings (SSSR count). The predicted octanol–water partition coefficient (Wildman–Crippen LogP) is 3.07. The van der Waals surface area contributed by atoms with Crippen molar-refractivity contribution in [2.45, 2.75) is 32.5 Å². The Bertz CT molecular complexity index is 622. The summed E-state index contributed by atoms with van der Waals surface area (Å²) in [6, 6.07) is 2.64. The third-order valence-electron chi connectivity index (χ3n) is 3.61. The van der Waals surface area contributed by atoms with Crippen LogP contribution in [0.15, 0.2) is 18.2 Å². The van der Waals surface area contributed by atoms with Crippen molar-refractivity contribution in [3.8, 4) is 0 Å². The number of rotatable bonds is 6. The standard InChI is InChI=1S/C15H18ClF3N2O3/c1-7(14(23)24)5-9-3-4-10(16)11(6-9)21-13(22)12(20)8(2)15(17,18)19/h3-4,6-8,12H,5,20H2,1-2H3,(H,21,22)(H,23,24)/t7-,8?,12?/m0/s1. The molecule has 0 saturated carbocycles. The van der Waals surface area contributed by atoms with Gasteiger partial charge in [0.25, 0.3) is 0 Å². The molecule has 0 bridgehead atoms. The van der Waals surface area contributed by atoms with Crippen molar-refractivity contribution in [2.75, 3.05) is 5.32 Å². The highest BCUT2D eigenvalue weighted by atomic mass is 35.5. The summed E-state index contributed by atoms with van der Waals surface area (Å²) in [5, 5.41) is 11.3. The molecule has 24 heavy (non-hydrogen) atoms. The van der Waals surface area contributed by atoms with E-state index in [1.807, 2.05) is 0 Å². The number of amides is 1. The van der Waals surface area contributed by atoms with Gasteiger partial charge in [-0.2, -0.15) is 13.2 Å². The molecule has 0 spiro atoms. The molecule has 3 atom stereocenters. The molecule has 4 N–H and O–H groups in total. The van der Waals surface area contributed by atoms with Gasteiger partial charge in [0, 0.05) is 0 Å². The molecular weight excluding hydrogens is 349 g/mol. The summed E-state index contributed by atoms with van der Waals surface area (Å²) in [6.07, 6.45) is -4.42. The lowest BCUT2D eigenvalue weighted by Crippen LogP contribution is -2.46. The molecule has 0 aliphatic rings. The molecule has 0 fully saturated rings. The van der Waals surface area contributed by atoms with Gasteiger partial charge >= 0.3 is 12.1 Å². The minimum Gasteiger partial charge on any atom is -0.481 e. The van der Waals surface area contributed by atoms with Crippen molar-refractivity contribution < 1.29 is 27.9 Å². The maximum atomic E-state index is 12.6. The number of benzene rings is 1. The molecule has 1 amide bonds. The van der Waals surface area contributed by atoms with E-state index in [0.29, 0.717) is 5.56 Å². The Balaban J connectivity index is 2.90. The Morgan fingerprint density at radius 1 is 1.33 bits per heavy atom. The Hall–Kier alpha value is -1.80. The van der Waals surface area contributed by atoms with Gasteiger partial charge in [-0.1, -0.05) is 31.5 Å². The van der Waals surface area contributed by atoms with Crippen molar-refractivity contribution in [1.29, 1.82) is 0 Å². The minimum atomic E-state index is -4.60. The molecule has 9 heteroatoms. The first-order valence-corrected chi connectivity index (χ1v) is 7.45. The summed E-state index contributed by atoms with van der Waals surface area (Å²) in [5.41, 5.74) is 6.01. The van der Waals surface area contributed by atoms with Gasteiger partial charge in [0.2, 0.25) is 5.91 Å². The summed E-state index contributed by atoms with van der Waals surface area (Å²) >= 11 is 5.92. The lowest BCUT2D eigenvalue weighted by atomic mass is 10.00. The summed E-state index contributed by atoms with van der Waals surface area (Å²) in [4.78, 5) is 22.8. The van der Waals surface area contributed by atoms with Crippen LogP contribution in [-0.2, 0) is 16.0 Å². The summed E-state index contributed by atoms with van der Waals surface area (Å²) in [5.74, 6) is -4.70. The molecule has 1 aromatic carbocycles. The quantitative estimate of drug-likeness (QED) is 0.721. The van der Waals surface area contributed by atoms with Crippen LogP contribution < -0.4 is 11.1 Å². The zero-order valence-corrected chi connectivity index (χ0v) is 13.8. The van der Waals surface area contributed by atoms with Gasteiger partial charge in [-0.05, 0) is 24.1 Å². The number of hydrogen-bond donors (Lipinski definition) is 3. The molecule has 0 aliphatic carbocycles. The second-order valence-corrected chi connectivity index (χ2v) is 6.01. The van der Waals surface area contributed by atoms with E-state index < -0.39 is 35.9 Å². The van der Waals surface area contributed by atoms with Crippen LogP contribution in [0, 0.1) is 11.8 Å². The highest BCUT2D eigenvalue weighted by molar-refractivity contribution is 6.33. The first-order chi connectivity index (χ1) is 10.9. The Labute approximate surface area is 142 Å². The van der Waals surface area contributed by atoms with Gasteiger partial charge in [-0.15, -0.1) is 0 Å². The fraction of sp³-hybridized carbons (Fsp3) is 0.467. The lowest BCUT2D eigenvalue weighted by molar-refractivity contribution is -0.176. The van der Waals surface area contributed by atoms with Crippen molar-refractivity contribution in [3.05, 3.63) is 28.8 Å². The van der Waals surface area contributed by atoms with E-state index in [1.165, 1.54) is 19.1 Å². The van der Waals surface area contributed by atoms with E-state index in [0.717, 1.165) is 6.92 Å². The van der Waals surface area contributed by atoms with Gasteiger partial charge in [-0.25, -0.2) is 0 Å². The molecule has 0 heterocycles. The van der Waals surface area contributed by atoms with Crippen LogP contribution in [0.4, 0.5) is 18.9 Å². The third-order valence-corrected chi connectivity index (χ3v) is 3.94. The molecule has 2 unspecified atom stereocenters. The zero-order valence-electron chi connectivity index (χ0n) is 13.0. The SMILES string of the molecule is CC(C(N)C(=O)Nc1cc(C[C@H](C)C(=O)O)ccc1Cl)C(F)(F)F. The first-order valence-electron chi connectivity index (χ1n) is 7.08.